The monoisotopic (exact) mass is 456 g/mol. The molecule has 0 bridgehead atoms. The van der Waals surface area contributed by atoms with Crippen molar-refractivity contribution in [1.29, 1.82) is 0 Å². The van der Waals surface area contributed by atoms with Crippen LogP contribution in [0.25, 0.3) is 0 Å². The van der Waals surface area contributed by atoms with E-state index >= 15 is 0 Å². The lowest BCUT2D eigenvalue weighted by atomic mass is 10.2. The van der Waals surface area contributed by atoms with E-state index in [2.05, 4.69) is 33.2 Å². The number of ether oxygens (including phenoxy) is 1. The molecule has 32 heavy (non-hydrogen) atoms. The van der Waals surface area contributed by atoms with Gasteiger partial charge in [0.05, 0.1) is 11.5 Å². The van der Waals surface area contributed by atoms with E-state index in [4.69, 9.17) is 4.74 Å². The maximum Gasteiger partial charge on any atom is 0.311 e. The Morgan fingerprint density at radius 1 is 1.25 bits per heavy atom. The molecule has 1 aliphatic heterocycles. The fourth-order valence-corrected chi connectivity index (χ4v) is 3.52. The number of pyridine rings is 2. The lowest BCUT2D eigenvalue weighted by Crippen LogP contribution is -2.46. The highest BCUT2D eigenvalue weighted by Gasteiger charge is 2.30. The quantitative estimate of drug-likeness (QED) is 0.211. The maximum absolute atomic E-state index is 14.4. The molecule has 0 radical (unpaired) electrons. The number of hydrogen-bond acceptors (Lipinski definition) is 9. The van der Waals surface area contributed by atoms with Crippen molar-refractivity contribution >= 4 is 41.3 Å². The summed E-state index contributed by atoms with van der Waals surface area (Å²) in [5, 5.41) is 17.6. The fraction of sp³-hybridized carbons (Fsp3) is 0.238. The van der Waals surface area contributed by atoms with Gasteiger partial charge in [-0.15, -0.1) is 12.6 Å². The summed E-state index contributed by atoms with van der Waals surface area (Å²) in [6.07, 6.45) is 2.05. The van der Waals surface area contributed by atoms with Crippen LogP contribution in [0.5, 0.6) is 0 Å². The van der Waals surface area contributed by atoms with Gasteiger partial charge in [-0.05, 0) is 42.0 Å². The van der Waals surface area contributed by atoms with Gasteiger partial charge >= 0.3 is 5.69 Å². The van der Waals surface area contributed by atoms with Crippen molar-refractivity contribution in [3.63, 3.8) is 0 Å². The van der Waals surface area contributed by atoms with E-state index in [0.717, 1.165) is 5.56 Å². The summed E-state index contributed by atoms with van der Waals surface area (Å²) in [5.74, 6) is 0.580. The number of nitrogens with zero attached hydrogens (tertiary/aromatic N) is 4. The Labute approximate surface area is 189 Å². The summed E-state index contributed by atoms with van der Waals surface area (Å²) < 4.78 is 19.6. The third-order valence-electron chi connectivity index (χ3n) is 4.88. The van der Waals surface area contributed by atoms with E-state index in [1.807, 2.05) is 12.1 Å². The van der Waals surface area contributed by atoms with Gasteiger partial charge in [-0.25, -0.2) is 9.37 Å². The molecule has 2 N–H and O–H groups in total. The van der Waals surface area contributed by atoms with Gasteiger partial charge in [0.25, 0.3) is 0 Å². The van der Waals surface area contributed by atoms with E-state index in [1.54, 1.807) is 47.6 Å². The highest BCUT2D eigenvalue weighted by molar-refractivity contribution is 7.80. The minimum absolute atomic E-state index is 0.101. The first-order valence-electron chi connectivity index (χ1n) is 9.87. The highest BCUT2D eigenvalue weighted by Crippen LogP contribution is 2.30. The molecular formula is C21H21FN6O3S. The summed E-state index contributed by atoms with van der Waals surface area (Å²) in [6.45, 7) is 1.26. The molecule has 0 saturated carbocycles. The minimum Gasteiger partial charge on any atom is -0.366 e. The van der Waals surface area contributed by atoms with Gasteiger partial charge in [0, 0.05) is 42.9 Å². The van der Waals surface area contributed by atoms with Crippen molar-refractivity contribution in [2.24, 2.45) is 0 Å². The van der Waals surface area contributed by atoms with Crippen molar-refractivity contribution in [1.82, 2.24) is 9.97 Å². The molecule has 166 valence electrons. The largest absolute Gasteiger partial charge is 0.366 e. The summed E-state index contributed by atoms with van der Waals surface area (Å²) in [5.41, 5.74) is 1.24. The number of thiol groups is 1. The molecule has 3 aromatic rings. The number of halogens is 1. The normalized spacial score (nSPS) is 18.2. The molecule has 1 fully saturated rings. The fourth-order valence-electron chi connectivity index (χ4n) is 3.26. The molecule has 2 aromatic heterocycles. The van der Waals surface area contributed by atoms with Crippen molar-refractivity contribution in [3.05, 3.63) is 76.6 Å². The van der Waals surface area contributed by atoms with Crippen LogP contribution in [0.4, 0.5) is 33.1 Å². The molecule has 4 rings (SSSR count). The zero-order valence-corrected chi connectivity index (χ0v) is 17.8. The third kappa shape index (κ3) is 5.06. The van der Waals surface area contributed by atoms with Crippen LogP contribution < -0.4 is 15.5 Å². The number of alkyl halides is 1. The molecule has 0 amide bonds. The van der Waals surface area contributed by atoms with Crippen molar-refractivity contribution in [2.45, 2.75) is 18.3 Å². The van der Waals surface area contributed by atoms with Gasteiger partial charge in [-0.1, -0.05) is 6.07 Å². The van der Waals surface area contributed by atoms with Crippen LogP contribution >= 0.6 is 12.6 Å². The van der Waals surface area contributed by atoms with Crippen LogP contribution in [0.2, 0.25) is 0 Å². The second-order valence-electron chi connectivity index (χ2n) is 7.04. The van der Waals surface area contributed by atoms with Gasteiger partial charge in [-0.3, -0.25) is 15.1 Å². The molecule has 0 spiro atoms. The average Bonchev–Trinajstić information content (AvgIpc) is 2.81. The van der Waals surface area contributed by atoms with Crippen molar-refractivity contribution in [2.75, 3.05) is 28.7 Å². The van der Waals surface area contributed by atoms with E-state index < -0.39 is 16.7 Å². The number of aromatic nitrogens is 2. The van der Waals surface area contributed by atoms with Gasteiger partial charge in [-0.2, -0.15) is 0 Å². The van der Waals surface area contributed by atoms with Crippen molar-refractivity contribution < 1.29 is 14.1 Å². The van der Waals surface area contributed by atoms with Crippen LogP contribution in [0, 0.1) is 10.1 Å². The first-order chi connectivity index (χ1) is 15.5. The molecule has 9 nitrogen and oxygen atoms in total. The molecular weight excluding hydrogens is 435 g/mol. The van der Waals surface area contributed by atoms with Crippen LogP contribution in [-0.2, 0) is 11.3 Å². The predicted octanol–water partition coefficient (Wildman–Crippen LogP) is 4.13. The predicted molar refractivity (Wildman–Crippen MR) is 123 cm³/mol. The third-order valence-corrected chi connectivity index (χ3v) is 5.28. The number of nitro groups is 1. The number of hydrogen-bond donors (Lipinski definition) is 3. The smallest absolute Gasteiger partial charge is 0.311 e. The zero-order chi connectivity index (χ0) is 22.5. The summed E-state index contributed by atoms with van der Waals surface area (Å²) >= 11 is 4.10. The Hall–Kier alpha value is -3.44. The van der Waals surface area contributed by atoms with Crippen LogP contribution in [0.3, 0.4) is 0 Å². The standard InChI is InChI=1S/C21H21FN6O3S/c22-19-21(32)31-11-10-27(19)16-5-3-15(4-6-16)25-20-17(28(29)30)7-8-18(26-20)24-13-14-2-1-9-23-12-14/h1-9,12,19,21,32H,10-11,13H2,(H2,24,25,26). The lowest BCUT2D eigenvalue weighted by molar-refractivity contribution is -0.384. The molecule has 0 aliphatic carbocycles. The Morgan fingerprint density at radius 2 is 2.06 bits per heavy atom. The first kappa shape index (κ1) is 21.8. The Kier molecular flexibility index (Phi) is 6.66. The highest BCUT2D eigenvalue weighted by atomic mass is 32.1. The number of morpholine rings is 1. The topological polar surface area (TPSA) is 105 Å². The Bertz CT molecular complexity index is 1070. The Balaban J connectivity index is 1.50. The van der Waals surface area contributed by atoms with E-state index in [9.17, 15) is 14.5 Å². The summed E-state index contributed by atoms with van der Waals surface area (Å²) in [6, 6.07) is 13.6. The number of benzene rings is 1. The van der Waals surface area contributed by atoms with Crippen molar-refractivity contribution in [3.8, 4) is 0 Å². The number of anilines is 4. The van der Waals surface area contributed by atoms with Gasteiger partial charge in [0.2, 0.25) is 12.1 Å². The zero-order valence-electron chi connectivity index (χ0n) is 16.9. The molecule has 1 saturated heterocycles. The lowest BCUT2D eigenvalue weighted by Gasteiger charge is -2.35. The average molecular weight is 457 g/mol. The second-order valence-corrected chi connectivity index (χ2v) is 7.54. The molecule has 2 atom stereocenters. The second kappa shape index (κ2) is 9.79. The van der Waals surface area contributed by atoms with Crippen LogP contribution in [0.15, 0.2) is 60.9 Å². The number of nitrogens with one attached hydrogen (secondary N) is 2. The minimum atomic E-state index is -1.36. The molecule has 3 heterocycles. The van der Waals surface area contributed by atoms with E-state index in [1.165, 1.54) is 6.07 Å². The van der Waals surface area contributed by atoms with Gasteiger partial charge in [0.1, 0.15) is 11.3 Å². The summed E-state index contributed by atoms with van der Waals surface area (Å²) in [4.78, 5) is 20.9. The van der Waals surface area contributed by atoms with Gasteiger partial charge < -0.3 is 20.3 Å². The van der Waals surface area contributed by atoms with E-state index in [0.29, 0.717) is 36.9 Å². The molecule has 2 unspecified atom stereocenters. The Morgan fingerprint density at radius 3 is 2.78 bits per heavy atom. The molecule has 1 aromatic carbocycles. The number of rotatable bonds is 7. The molecule has 1 aliphatic rings. The SMILES string of the molecule is O=[N+]([O-])c1ccc(NCc2cccnc2)nc1Nc1ccc(N2CCOC(S)C2F)cc1. The first-order valence-corrected chi connectivity index (χ1v) is 10.4. The molecule has 11 heteroatoms. The maximum atomic E-state index is 14.4. The van der Waals surface area contributed by atoms with E-state index in [-0.39, 0.29) is 11.5 Å². The van der Waals surface area contributed by atoms with Crippen LogP contribution in [-0.4, -0.2) is 39.8 Å². The van der Waals surface area contributed by atoms with Crippen LogP contribution in [0.1, 0.15) is 5.56 Å². The summed E-state index contributed by atoms with van der Waals surface area (Å²) in [7, 11) is 0. The van der Waals surface area contributed by atoms with Gasteiger partial charge in [0.15, 0.2) is 0 Å².